The summed E-state index contributed by atoms with van der Waals surface area (Å²) in [6, 6.07) is 3.45. The molecule has 22 heavy (non-hydrogen) atoms. The van der Waals surface area contributed by atoms with Crippen LogP contribution in [0.25, 0.3) is 0 Å². The lowest BCUT2D eigenvalue weighted by atomic mass is 10.2. The Labute approximate surface area is 126 Å². The zero-order valence-corrected chi connectivity index (χ0v) is 12.7. The van der Waals surface area contributed by atoms with E-state index in [0.29, 0.717) is 5.76 Å². The summed E-state index contributed by atoms with van der Waals surface area (Å²) >= 11 is 0. The number of furan rings is 2. The minimum Gasteiger partial charge on any atom is -0.475 e. The van der Waals surface area contributed by atoms with Crippen LogP contribution in [-0.2, 0) is 14.8 Å². The van der Waals surface area contributed by atoms with E-state index in [4.69, 9.17) is 18.7 Å². The number of aryl methyl sites for hydroxylation is 1. The molecule has 1 unspecified atom stereocenters. The number of nitrogens with one attached hydrogen (secondary N) is 1. The van der Waals surface area contributed by atoms with Gasteiger partial charge in [0.25, 0.3) is 0 Å². The summed E-state index contributed by atoms with van der Waals surface area (Å²) in [4.78, 5) is 10.6. The van der Waals surface area contributed by atoms with Gasteiger partial charge in [-0.05, 0) is 19.1 Å². The first-order valence-corrected chi connectivity index (χ1v) is 7.72. The second-order valence-electron chi connectivity index (χ2n) is 4.48. The van der Waals surface area contributed by atoms with Gasteiger partial charge in [0.15, 0.2) is 0 Å². The molecule has 0 aliphatic rings. The van der Waals surface area contributed by atoms with Crippen LogP contribution in [0.3, 0.4) is 0 Å². The third kappa shape index (κ3) is 3.38. The average molecular weight is 329 g/mol. The van der Waals surface area contributed by atoms with E-state index in [1.165, 1.54) is 20.3 Å². The zero-order chi connectivity index (χ0) is 16.3. The third-order valence-electron chi connectivity index (χ3n) is 2.89. The molecule has 0 radical (unpaired) electrons. The van der Waals surface area contributed by atoms with Gasteiger partial charge < -0.3 is 18.7 Å². The lowest BCUT2D eigenvalue weighted by Gasteiger charge is -2.15. The van der Waals surface area contributed by atoms with Crippen LogP contribution < -0.4 is 4.72 Å². The van der Waals surface area contributed by atoms with E-state index in [9.17, 15) is 13.2 Å². The van der Waals surface area contributed by atoms with Crippen molar-refractivity contribution in [3.8, 4) is 0 Å². The quantitative estimate of drug-likeness (QED) is 0.790. The van der Waals surface area contributed by atoms with Crippen molar-refractivity contribution < 1.29 is 31.9 Å². The molecule has 0 saturated heterocycles. The molecule has 0 amide bonds. The minimum absolute atomic E-state index is 0.0134. The van der Waals surface area contributed by atoms with E-state index in [2.05, 4.69) is 4.72 Å². The van der Waals surface area contributed by atoms with Crippen LogP contribution in [0, 0.1) is 6.92 Å². The number of hydrogen-bond acceptors (Lipinski definition) is 6. The lowest BCUT2D eigenvalue weighted by molar-refractivity contribution is 0.0661. The fourth-order valence-electron chi connectivity index (χ4n) is 1.92. The monoisotopic (exact) mass is 329 g/mol. The van der Waals surface area contributed by atoms with Crippen LogP contribution in [0.5, 0.6) is 0 Å². The standard InChI is InChI=1S/C13H15NO7S/c1-8-12(6-11(21-8)13(15)16)22(17,18)14-9(7-19-2)10-4-3-5-20-10/h3-6,9,14H,7H2,1-2H3,(H,15,16). The van der Waals surface area contributed by atoms with Gasteiger partial charge >= 0.3 is 5.97 Å². The Kier molecular flexibility index (Phi) is 4.69. The molecule has 9 heteroatoms. The molecular formula is C13H15NO7S. The van der Waals surface area contributed by atoms with Gasteiger partial charge in [-0.25, -0.2) is 13.2 Å². The number of aromatic carboxylic acids is 1. The number of sulfonamides is 1. The number of carbonyl (C=O) groups is 1. The van der Waals surface area contributed by atoms with Gasteiger partial charge in [-0.3, -0.25) is 0 Å². The molecule has 0 saturated carbocycles. The second-order valence-corrected chi connectivity index (χ2v) is 6.16. The van der Waals surface area contributed by atoms with Crippen molar-refractivity contribution in [3.05, 3.63) is 41.7 Å². The maximum absolute atomic E-state index is 12.4. The molecule has 0 aliphatic carbocycles. The molecule has 2 N–H and O–H groups in total. The molecule has 0 aliphatic heterocycles. The van der Waals surface area contributed by atoms with Crippen molar-refractivity contribution in [3.63, 3.8) is 0 Å². The minimum atomic E-state index is -4.00. The maximum Gasteiger partial charge on any atom is 0.371 e. The highest BCUT2D eigenvalue weighted by Gasteiger charge is 2.28. The first kappa shape index (κ1) is 16.3. The molecule has 0 aromatic carbocycles. The van der Waals surface area contributed by atoms with Crippen molar-refractivity contribution in [1.82, 2.24) is 4.72 Å². The Balaban J connectivity index is 2.31. The normalized spacial score (nSPS) is 13.2. The van der Waals surface area contributed by atoms with Gasteiger partial charge in [-0.1, -0.05) is 0 Å². The smallest absolute Gasteiger partial charge is 0.371 e. The molecule has 0 bridgehead atoms. The highest BCUT2D eigenvalue weighted by atomic mass is 32.2. The number of hydrogen-bond donors (Lipinski definition) is 2. The summed E-state index contributed by atoms with van der Waals surface area (Å²) in [5, 5.41) is 8.86. The van der Waals surface area contributed by atoms with Crippen LogP contribution in [0.2, 0.25) is 0 Å². The van der Waals surface area contributed by atoms with E-state index < -0.39 is 27.8 Å². The van der Waals surface area contributed by atoms with Gasteiger partial charge in [0.2, 0.25) is 15.8 Å². The van der Waals surface area contributed by atoms with Crippen LogP contribution in [0.15, 0.2) is 38.2 Å². The highest BCUT2D eigenvalue weighted by molar-refractivity contribution is 7.89. The summed E-state index contributed by atoms with van der Waals surface area (Å²) in [7, 11) is -2.57. The molecule has 1 atom stereocenters. The summed E-state index contributed by atoms with van der Waals surface area (Å²) in [5.74, 6) is -1.42. The maximum atomic E-state index is 12.4. The summed E-state index contributed by atoms with van der Waals surface area (Å²) in [6.45, 7) is 1.43. The predicted octanol–water partition coefficient (Wildman–Crippen LogP) is 1.55. The number of carboxylic acid groups (broad SMARTS) is 1. The van der Waals surface area contributed by atoms with Crippen LogP contribution in [0.1, 0.15) is 28.1 Å². The van der Waals surface area contributed by atoms with E-state index in [1.54, 1.807) is 12.1 Å². The summed E-state index contributed by atoms with van der Waals surface area (Å²) in [6.07, 6.45) is 1.41. The molecule has 0 spiro atoms. The van der Waals surface area contributed by atoms with Crippen molar-refractivity contribution in [2.45, 2.75) is 17.9 Å². The number of rotatable bonds is 7. The van der Waals surface area contributed by atoms with Crippen LogP contribution >= 0.6 is 0 Å². The first-order valence-electron chi connectivity index (χ1n) is 6.23. The Bertz CT molecular complexity index is 745. The highest BCUT2D eigenvalue weighted by Crippen LogP contribution is 2.23. The van der Waals surface area contributed by atoms with E-state index >= 15 is 0 Å². The number of carboxylic acids is 1. The zero-order valence-electron chi connectivity index (χ0n) is 11.9. The Hall–Kier alpha value is -2.10. The summed E-state index contributed by atoms with van der Waals surface area (Å²) in [5.41, 5.74) is 0. The Morgan fingerprint density at radius 2 is 2.23 bits per heavy atom. The SMILES string of the molecule is COCC(NS(=O)(=O)c1cc(C(=O)O)oc1C)c1ccco1. The van der Waals surface area contributed by atoms with Crippen molar-refractivity contribution in [2.24, 2.45) is 0 Å². The molecule has 2 aromatic heterocycles. The topological polar surface area (TPSA) is 119 Å². The van der Waals surface area contributed by atoms with Crippen molar-refractivity contribution in [2.75, 3.05) is 13.7 Å². The van der Waals surface area contributed by atoms with Gasteiger partial charge in [-0.2, -0.15) is 4.72 Å². The van der Waals surface area contributed by atoms with Crippen molar-refractivity contribution >= 4 is 16.0 Å². The molecule has 8 nitrogen and oxygen atoms in total. The molecule has 120 valence electrons. The third-order valence-corrected chi connectivity index (χ3v) is 4.47. The van der Waals surface area contributed by atoms with Crippen LogP contribution in [0.4, 0.5) is 0 Å². The molecule has 2 aromatic rings. The molecule has 2 heterocycles. The Morgan fingerprint density at radius 1 is 1.50 bits per heavy atom. The van der Waals surface area contributed by atoms with Gasteiger partial charge in [0.1, 0.15) is 22.5 Å². The molecule has 0 fully saturated rings. The first-order chi connectivity index (χ1) is 10.3. The van der Waals surface area contributed by atoms with E-state index in [0.717, 1.165) is 6.07 Å². The summed E-state index contributed by atoms with van der Waals surface area (Å²) < 4.78 is 42.3. The number of methoxy groups -OCH3 is 1. The van der Waals surface area contributed by atoms with E-state index in [-0.39, 0.29) is 17.3 Å². The van der Waals surface area contributed by atoms with Crippen molar-refractivity contribution in [1.29, 1.82) is 0 Å². The van der Waals surface area contributed by atoms with Gasteiger partial charge in [0.05, 0.1) is 12.9 Å². The average Bonchev–Trinajstić information content (AvgIpc) is 3.07. The van der Waals surface area contributed by atoms with Gasteiger partial charge in [-0.15, -0.1) is 0 Å². The molecular weight excluding hydrogens is 314 g/mol. The van der Waals surface area contributed by atoms with Crippen LogP contribution in [-0.4, -0.2) is 33.2 Å². The van der Waals surface area contributed by atoms with E-state index in [1.807, 2.05) is 0 Å². The Morgan fingerprint density at radius 3 is 2.73 bits per heavy atom. The largest absolute Gasteiger partial charge is 0.475 e. The fraction of sp³-hybridized carbons (Fsp3) is 0.308. The number of ether oxygens (including phenoxy) is 1. The fourth-order valence-corrected chi connectivity index (χ4v) is 3.29. The molecule has 2 rings (SSSR count). The van der Waals surface area contributed by atoms with Gasteiger partial charge in [0, 0.05) is 13.2 Å². The lowest BCUT2D eigenvalue weighted by Crippen LogP contribution is -2.31. The predicted molar refractivity (Wildman–Crippen MR) is 74.1 cm³/mol. The second kappa shape index (κ2) is 6.34.